The summed E-state index contributed by atoms with van der Waals surface area (Å²) in [5.41, 5.74) is 2.02. The lowest BCUT2D eigenvalue weighted by atomic mass is 10.1. The van der Waals surface area contributed by atoms with Gasteiger partial charge >= 0.3 is 0 Å². The molecule has 2 amide bonds. The zero-order chi connectivity index (χ0) is 19.2. The van der Waals surface area contributed by atoms with Crippen molar-refractivity contribution in [1.82, 2.24) is 4.98 Å². The third-order valence-corrected chi connectivity index (χ3v) is 3.99. The minimum atomic E-state index is -0.442. The number of pyridine rings is 1. The number of amides is 2. The molecule has 0 fully saturated rings. The van der Waals surface area contributed by atoms with E-state index in [2.05, 4.69) is 10.3 Å². The van der Waals surface area contributed by atoms with Gasteiger partial charge in [0.05, 0.1) is 22.4 Å². The predicted molar refractivity (Wildman–Crippen MR) is 103 cm³/mol. The molecule has 0 radical (unpaired) electrons. The molecule has 1 N–H and O–H groups in total. The van der Waals surface area contributed by atoms with Gasteiger partial charge in [-0.3, -0.25) is 14.6 Å². The van der Waals surface area contributed by atoms with Crippen LogP contribution in [0.25, 0.3) is 0 Å². The number of aromatic nitrogens is 1. The Morgan fingerprint density at radius 1 is 1.00 bits per heavy atom. The molecule has 1 heterocycles. The molecule has 3 rings (SSSR count). The summed E-state index contributed by atoms with van der Waals surface area (Å²) in [6.45, 7) is 0. The first-order valence-corrected chi connectivity index (χ1v) is 8.19. The Kier molecular flexibility index (Phi) is 5.24. The highest BCUT2D eigenvalue weighted by Gasteiger charge is 2.16. The quantitative estimate of drug-likeness (QED) is 0.775. The number of rotatable bonds is 4. The second-order valence-corrected chi connectivity index (χ2v) is 5.77. The molecule has 0 unspecified atom stereocenters. The van der Waals surface area contributed by atoms with Crippen molar-refractivity contribution in [2.75, 3.05) is 17.3 Å². The van der Waals surface area contributed by atoms with Crippen LogP contribution in [-0.2, 0) is 0 Å². The molecule has 0 atom stereocenters. The fraction of sp³-hybridized carbons (Fsp3) is 0.0476. The summed E-state index contributed by atoms with van der Waals surface area (Å²) in [6, 6.07) is 19.4. The van der Waals surface area contributed by atoms with Crippen molar-refractivity contribution < 1.29 is 9.59 Å². The lowest BCUT2D eigenvalue weighted by Gasteiger charge is -2.17. The highest BCUT2D eigenvalue weighted by atomic mass is 16.2. The average Bonchev–Trinajstić information content (AvgIpc) is 2.73. The van der Waals surface area contributed by atoms with E-state index in [1.54, 1.807) is 31.3 Å². The van der Waals surface area contributed by atoms with Crippen LogP contribution in [0.3, 0.4) is 0 Å². The van der Waals surface area contributed by atoms with E-state index in [1.165, 1.54) is 23.4 Å². The van der Waals surface area contributed by atoms with Gasteiger partial charge in [0.1, 0.15) is 6.07 Å². The van der Waals surface area contributed by atoms with Crippen LogP contribution < -0.4 is 10.2 Å². The second kappa shape index (κ2) is 7.93. The van der Waals surface area contributed by atoms with Crippen LogP contribution in [0.2, 0.25) is 0 Å². The molecular formula is C21H16N4O2. The number of para-hydroxylation sites is 2. The van der Waals surface area contributed by atoms with Crippen molar-refractivity contribution >= 4 is 23.2 Å². The topological polar surface area (TPSA) is 86.1 Å². The largest absolute Gasteiger partial charge is 0.321 e. The molecule has 0 saturated carbocycles. The number of nitriles is 1. The van der Waals surface area contributed by atoms with Gasteiger partial charge in [-0.15, -0.1) is 0 Å². The first kappa shape index (κ1) is 17.8. The molecule has 27 heavy (non-hydrogen) atoms. The molecule has 0 saturated heterocycles. The van der Waals surface area contributed by atoms with Gasteiger partial charge in [-0.2, -0.15) is 5.26 Å². The van der Waals surface area contributed by atoms with E-state index < -0.39 is 5.91 Å². The van der Waals surface area contributed by atoms with Gasteiger partial charge in [0, 0.05) is 25.1 Å². The molecule has 0 bridgehead atoms. The van der Waals surface area contributed by atoms with Gasteiger partial charge in [0.25, 0.3) is 11.8 Å². The summed E-state index contributed by atoms with van der Waals surface area (Å²) in [5.74, 6) is -0.719. The lowest BCUT2D eigenvalue weighted by Crippen LogP contribution is -2.26. The number of hydrogen-bond donors (Lipinski definition) is 1. The van der Waals surface area contributed by atoms with Crippen LogP contribution in [0.5, 0.6) is 0 Å². The van der Waals surface area contributed by atoms with Crippen LogP contribution in [0.1, 0.15) is 26.3 Å². The Balaban J connectivity index is 1.82. The molecule has 132 valence electrons. The molecule has 0 aliphatic carbocycles. The first-order valence-electron chi connectivity index (χ1n) is 8.19. The number of carbonyl (C=O) groups is 2. The fourth-order valence-corrected chi connectivity index (χ4v) is 2.53. The first-order chi connectivity index (χ1) is 13.1. The Labute approximate surface area is 156 Å². The van der Waals surface area contributed by atoms with E-state index in [9.17, 15) is 9.59 Å². The molecule has 0 aliphatic heterocycles. The minimum absolute atomic E-state index is 0.232. The van der Waals surface area contributed by atoms with Gasteiger partial charge in [-0.25, -0.2) is 0 Å². The third-order valence-electron chi connectivity index (χ3n) is 3.99. The standard InChI is InChI=1S/C21H16N4O2/c1-25(18-8-3-2-4-9-18)21(27)17-11-16(13-23-14-17)20(26)24-19-10-6-5-7-15(19)12-22/h2-11,13-14H,1H3,(H,24,26). The Bertz CT molecular complexity index is 1030. The Hall–Kier alpha value is -3.98. The molecule has 3 aromatic rings. The van der Waals surface area contributed by atoms with Crippen molar-refractivity contribution in [2.45, 2.75) is 0 Å². The summed E-state index contributed by atoms with van der Waals surface area (Å²) >= 11 is 0. The fourth-order valence-electron chi connectivity index (χ4n) is 2.53. The van der Waals surface area contributed by atoms with E-state index in [-0.39, 0.29) is 11.5 Å². The van der Waals surface area contributed by atoms with Crippen molar-refractivity contribution in [3.8, 4) is 6.07 Å². The van der Waals surface area contributed by atoms with Gasteiger partial charge in [-0.05, 0) is 30.3 Å². The summed E-state index contributed by atoms with van der Waals surface area (Å²) in [4.78, 5) is 30.7. The van der Waals surface area contributed by atoms with Crippen molar-refractivity contribution in [3.05, 3.63) is 89.7 Å². The zero-order valence-electron chi connectivity index (χ0n) is 14.6. The monoisotopic (exact) mass is 356 g/mol. The van der Waals surface area contributed by atoms with E-state index in [0.29, 0.717) is 16.8 Å². The third kappa shape index (κ3) is 3.99. The highest BCUT2D eigenvalue weighted by molar-refractivity contribution is 6.09. The molecule has 1 aromatic heterocycles. The Morgan fingerprint density at radius 3 is 2.41 bits per heavy atom. The summed E-state index contributed by atoms with van der Waals surface area (Å²) < 4.78 is 0. The molecular weight excluding hydrogens is 340 g/mol. The predicted octanol–water partition coefficient (Wildman–Crippen LogP) is 3.48. The van der Waals surface area contributed by atoms with Crippen LogP contribution in [0, 0.1) is 11.3 Å². The van der Waals surface area contributed by atoms with Crippen molar-refractivity contribution in [1.29, 1.82) is 5.26 Å². The number of hydrogen-bond acceptors (Lipinski definition) is 4. The summed E-state index contributed by atoms with van der Waals surface area (Å²) in [5, 5.41) is 11.8. The number of anilines is 2. The number of benzene rings is 2. The molecule has 0 spiro atoms. The second-order valence-electron chi connectivity index (χ2n) is 5.77. The maximum absolute atomic E-state index is 12.7. The van der Waals surface area contributed by atoms with Crippen LogP contribution >= 0.6 is 0 Å². The summed E-state index contributed by atoms with van der Waals surface area (Å²) in [7, 11) is 1.66. The van der Waals surface area contributed by atoms with Crippen LogP contribution in [-0.4, -0.2) is 23.8 Å². The van der Waals surface area contributed by atoms with Crippen molar-refractivity contribution in [3.63, 3.8) is 0 Å². The van der Waals surface area contributed by atoms with Crippen LogP contribution in [0.4, 0.5) is 11.4 Å². The molecule has 0 aliphatic rings. The molecule has 6 heteroatoms. The smallest absolute Gasteiger partial charge is 0.259 e. The summed E-state index contributed by atoms with van der Waals surface area (Å²) in [6.07, 6.45) is 2.80. The minimum Gasteiger partial charge on any atom is -0.321 e. The van der Waals surface area contributed by atoms with E-state index in [0.717, 1.165) is 5.69 Å². The highest BCUT2D eigenvalue weighted by Crippen LogP contribution is 2.17. The average molecular weight is 356 g/mol. The number of nitrogens with one attached hydrogen (secondary N) is 1. The SMILES string of the molecule is CN(C(=O)c1cncc(C(=O)Nc2ccccc2C#N)c1)c1ccccc1. The van der Waals surface area contributed by atoms with E-state index in [1.807, 2.05) is 36.4 Å². The van der Waals surface area contributed by atoms with Crippen LogP contribution in [0.15, 0.2) is 73.1 Å². The zero-order valence-corrected chi connectivity index (χ0v) is 14.6. The number of carbonyl (C=O) groups excluding carboxylic acids is 2. The molecule has 6 nitrogen and oxygen atoms in total. The Morgan fingerprint density at radius 2 is 1.67 bits per heavy atom. The lowest BCUT2D eigenvalue weighted by molar-refractivity contribution is 0.0992. The van der Waals surface area contributed by atoms with Gasteiger partial charge in [0.2, 0.25) is 0 Å². The van der Waals surface area contributed by atoms with Gasteiger partial charge in [0.15, 0.2) is 0 Å². The van der Waals surface area contributed by atoms with Crippen molar-refractivity contribution in [2.24, 2.45) is 0 Å². The van der Waals surface area contributed by atoms with Gasteiger partial charge < -0.3 is 10.2 Å². The maximum atomic E-state index is 12.7. The van der Waals surface area contributed by atoms with Gasteiger partial charge in [-0.1, -0.05) is 30.3 Å². The normalized spacial score (nSPS) is 9.93. The van der Waals surface area contributed by atoms with E-state index >= 15 is 0 Å². The maximum Gasteiger partial charge on any atom is 0.259 e. The number of nitrogens with zero attached hydrogens (tertiary/aromatic N) is 3. The molecule has 2 aromatic carbocycles. The van der Waals surface area contributed by atoms with E-state index in [4.69, 9.17) is 5.26 Å².